The Bertz CT molecular complexity index is 728. The third-order valence-corrected chi connectivity index (χ3v) is 3.70. The second-order valence-corrected chi connectivity index (χ2v) is 5.09. The largest absolute Gasteiger partial charge is 0.357 e. The van der Waals surface area contributed by atoms with Crippen molar-refractivity contribution in [1.82, 2.24) is 4.98 Å². The van der Waals surface area contributed by atoms with Gasteiger partial charge in [0.1, 0.15) is 5.92 Å². The lowest BCUT2D eigenvalue weighted by atomic mass is 10.1. The summed E-state index contributed by atoms with van der Waals surface area (Å²) in [7, 11) is 1.80. The summed E-state index contributed by atoms with van der Waals surface area (Å²) < 4.78 is 0. The SMILES string of the molecule is C[C](C(=O)N(C)c1ccccc1)c1cc2ccccc2[nH]1. The van der Waals surface area contributed by atoms with Crippen LogP contribution >= 0.6 is 0 Å². The quantitative estimate of drug-likeness (QED) is 0.777. The Morgan fingerprint density at radius 3 is 2.38 bits per heavy atom. The molecule has 0 aliphatic rings. The topological polar surface area (TPSA) is 36.1 Å². The van der Waals surface area contributed by atoms with Gasteiger partial charge in [0.25, 0.3) is 0 Å². The molecule has 0 fully saturated rings. The van der Waals surface area contributed by atoms with Gasteiger partial charge in [-0.05, 0) is 36.6 Å². The van der Waals surface area contributed by atoms with Crippen LogP contribution in [0.5, 0.6) is 0 Å². The number of carbonyl (C=O) groups excluding carboxylic acids is 1. The number of para-hydroxylation sites is 2. The molecule has 0 atom stereocenters. The summed E-state index contributed by atoms with van der Waals surface area (Å²) in [5.41, 5.74) is 2.80. The molecule has 0 spiro atoms. The molecule has 3 rings (SSSR count). The maximum absolute atomic E-state index is 12.6. The van der Waals surface area contributed by atoms with Crippen LogP contribution < -0.4 is 4.90 Å². The predicted octanol–water partition coefficient (Wildman–Crippen LogP) is 3.77. The van der Waals surface area contributed by atoms with E-state index in [0.29, 0.717) is 5.92 Å². The molecule has 3 nitrogen and oxygen atoms in total. The average Bonchev–Trinajstić information content (AvgIpc) is 2.97. The molecule has 0 saturated heterocycles. The van der Waals surface area contributed by atoms with Crippen molar-refractivity contribution in [2.75, 3.05) is 11.9 Å². The van der Waals surface area contributed by atoms with E-state index in [9.17, 15) is 4.79 Å². The van der Waals surface area contributed by atoms with Gasteiger partial charge in [0, 0.05) is 23.9 Å². The first kappa shape index (κ1) is 13.4. The van der Waals surface area contributed by atoms with E-state index < -0.39 is 0 Å². The number of benzene rings is 2. The van der Waals surface area contributed by atoms with Gasteiger partial charge in [0.15, 0.2) is 0 Å². The van der Waals surface area contributed by atoms with Crippen LogP contribution in [-0.4, -0.2) is 17.9 Å². The molecule has 1 heterocycles. The molecule has 1 radical (unpaired) electrons. The Labute approximate surface area is 124 Å². The number of fused-ring (bicyclic) bond motifs is 1. The number of hydrogen-bond acceptors (Lipinski definition) is 1. The van der Waals surface area contributed by atoms with Gasteiger partial charge >= 0.3 is 0 Å². The van der Waals surface area contributed by atoms with Gasteiger partial charge in [-0.3, -0.25) is 4.79 Å². The first-order valence-electron chi connectivity index (χ1n) is 6.91. The van der Waals surface area contributed by atoms with E-state index in [1.54, 1.807) is 11.9 Å². The number of anilines is 1. The minimum atomic E-state index is -0.00671. The van der Waals surface area contributed by atoms with Crippen LogP contribution in [0, 0.1) is 5.92 Å². The predicted molar refractivity (Wildman–Crippen MR) is 86.2 cm³/mol. The number of H-pyrrole nitrogens is 1. The Kier molecular flexibility index (Phi) is 3.48. The highest BCUT2D eigenvalue weighted by molar-refractivity contribution is 6.05. The Morgan fingerprint density at radius 2 is 1.67 bits per heavy atom. The summed E-state index contributed by atoms with van der Waals surface area (Å²) in [6.07, 6.45) is 0. The van der Waals surface area contributed by atoms with Gasteiger partial charge in [-0.25, -0.2) is 0 Å². The summed E-state index contributed by atoms with van der Waals surface area (Å²) in [5.74, 6) is 0.699. The maximum atomic E-state index is 12.6. The van der Waals surface area contributed by atoms with E-state index >= 15 is 0 Å². The molecule has 21 heavy (non-hydrogen) atoms. The zero-order valence-electron chi connectivity index (χ0n) is 12.1. The number of nitrogens with one attached hydrogen (secondary N) is 1. The smallest absolute Gasteiger partial charge is 0.240 e. The molecule has 0 saturated carbocycles. The number of rotatable bonds is 3. The monoisotopic (exact) mass is 277 g/mol. The summed E-state index contributed by atoms with van der Waals surface area (Å²) in [6, 6.07) is 19.7. The van der Waals surface area contributed by atoms with E-state index in [2.05, 4.69) is 4.98 Å². The van der Waals surface area contributed by atoms with Gasteiger partial charge in [0.05, 0.1) is 0 Å². The lowest BCUT2D eigenvalue weighted by Crippen LogP contribution is -2.31. The summed E-state index contributed by atoms with van der Waals surface area (Å²) in [4.78, 5) is 17.6. The first-order chi connectivity index (χ1) is 10.2. The van der Waals surface area contributed by atoms with Crippen molar-refractivity contribution in [3.63, 3.8) is 0 Å². The van der Waals surface area contributed by atoms with E-state index in [4.69, 9.17) is 0 Å². The van der Waals surface area contributed by atoms with Crippen LogP contribution in [-0.2, 0) is 4.79 Å². The summed E-state index contributed by atoms with van der Waals surface area (Å²) in [6.45, 7) is 1.85. The van der Waals surface area contributed by atoms with Crippen LogP contribution in [0.4, 0.5) is 5.69 Å². The highest BCUT2D eigenvalue weighted by Crippen LogP contribution is 2.23. The van der Waals surface area contributed by atoms with E-state index in [1.165, 1.54) is 0 Å². The number of aromatic nitrogens is 1. The van der Waals surface area contributed by atoms with Gasteiger partial charge < -0.3 is 9.88 Å². The standard InChI is InChI=1S/C18H17N2O/c1-13(17-12-14-8-6-7-11-16(14)19-17)18(21)20(2)15-9-4-3-5-10-15/h3-12,19H,1-2H3. The average molecular weight is 277 g/mol. The first-order valence-corrected chi connectivity index (χ1v) is 6.91. The lowest BCUT2D eigenvalue weighted by molar-refractivity contribution is -0.116. The van der Waals surface area contributed by atoms with Gasteiger partial charge in [0.2, 0.25) is 5.91 Å². The molecule has 2 aromatic carbocycles. The molecule has 1 N–H and O–H groups in total. The molecule has 1 aromatic heterocycles. The molecule has 3 aromatic rings. The fourth-order valence-corrected chi connectivity index (χ4v) is 2.41. The second-order valence-electron chi connectivity index (χ2n) is 5.09. The molecular weight excluding hydrogens is 260 g/mol. The van der Waals surface area contributed by atoms with Crippen LogP contribution in [0.25, 0.3) is 10.9 Å². The van der Waals surface area contributed by atoms with Crippen LogP contribution in [0.15, 0.2) is 60.7 Å². The number of carbonyl (C=O) groups is 1. The van der Waals surface area contributed by atoms with E-state index in [0.717, 1.165) is 22.3 Å². The van der Waals surface area contributed by atoms with Crippen molar-refractivity contribution in [3.8, 4) is 0 Å². The minimum absolute atomic E-state index is 0.00671. The van der Waals surface area contributed by atoms with Crippen molar-refractivity contribution in [2.24, 2.45) is 0 Å². The molecular formula is C18H17N2O. The highest BCUT2D eigenvalue weighted by atomic mass is 16.2. The molecule has 0 unspecified atom stereocenters. The van der Waals surface area contributed by atoms with Crippen molar-refractivity contribution in [3.05, 3.63) is 72.3 Å². The van der Waals surface area contributed by atoms with Gasteiger partial charge in [-0.2, -0.15) is 0 Å². The third kappa shape index (κ3) is 2.55. The zero-order chi connectivity index (χ0) is 14.8. The van der Waals surface area contributed by atoms with Crippen molar-refractivity contribution in [1.29, 1.82) is 0 Å². The lowest BCUT2D eigenvalue weighted by Gasteiger charge is -2.20. The van der Waals surface area contributed by atoms with Crippen LogP contribution in [0.2, 0.25) is 0 Å². The summed E-state index contributed by atoms with van der Waals surface area (Å²) in [5, 5.41) is 1.11. The molecule has 0 aliphatic carbocycles. The number of amides is 1. The molecule has 3 heteroatoms. The fraction of sp³-hybridized carbons (Fsp3) is 0.111. The van der Waals surface area contributed by atoms with Gasteiger partial charge in [-0.1, -0.05) is 36.4 Å². The molecule has 105 valence electrons. The van der Waals surface area contributed by atoms with Gasteiger partial charge in [-0.15, -0.1) is 0 Å². The number of likely N-dealkylation sites (N-methyl/N-ethyl adjacent to an activating group) is 1. The Hall–Kier alpha value is -2.55. The number of hydrogen-bond donors (Lipinski definition) is 1. The second kappa shape index (κ2) is 5.44. The van der Waals surface area contributed by atoms with E-state index in [1.807, 2.05) is 67.6 Å². The summed E-state index contributed by atoms with van der Waals surface area (Å²) >= 11 is 0. The fourth-order valence-electron chi connectivity index (χ4n) is 2.41. The molecule has 0 aliphatic heterocycles. The Balaban J connectivity index is 1.87. The van der Waals surface area contributed by atoms with E-state index in [-0.39, 0.29) is 5.91 Å². The van der Waals surface area contributed by atoms with Crippen molar-refractivity contribution >= 4 is 22.5 Å². The number of aromatic amines is 1. The molecule has 1 amide bonds. The highest BCUT2D eigenvalue weighted by Gasteiger charge is 2.22. The zero-order valence-corrected chi connectivity index (χ0v) is 12.1. The third-order valence-electron chi connectivity index (χ3n) is 3.70. The molecule has 0 bridgehead atoms. The van der Waals surface area contributed by atoms with Crippen LogP contribution in [0.3, 0.4) is 0 Å². The maximum Gasteiger partial charge on any atom is 0.240 e. The minimum Gasteiger partial charge on any atom is -0.357 e. The Morgan fingerprint density at radius 1 is 1.00 bits per heavy atom. The van der Waals surface area contributed by atoms with Crippen molar-refractivity contribution < 1.29 is 4.79 Å². The number of nitrogens with zero attached hydrogens (tertiary/aromatic N) is 1. The normalized spacial score (nSPS) is 11.0. The van der Waals surface area contributed by atoms with Crippen molar-refractivity contribution in [2.45, 2.75) is 6.92 Å². The van der Waals surface area contributed by atoms with Crippen LogP contribution in [0.1, 0.15) is 12.6 Å².